The number of allylic oxidation sites excluding steroid dienone is 2. The molecule has 0 fully saturated rings. The van der Waals surface area contributed by atoms with Crippen molar-refractivity contribution in [3.05, 3.63) is 23.0 Å². The summed E-state index contributed by atoms with van der Waals surface area (Å²) in [7, 11) is 3.63. The first-order chi connectivity index (χ1) is 8.78. The quantitative estimate of drug-likeness (QED) is 0.316. The van der Waals surface area contributed by atoms with E-state index in [2.05, 4.69) is 49.3 Å². The average molecular weight is 323 g/mol. The highest BCUT2D eigenvalue weighted by Crippen LogP contribution is 2.26. The van der Waals surface area contributed by atoms with E-state index in [9.17, 15) is 0 Å². The Labute approximate surface area is 130 Å². The first-order valence-corrected chi connectivity index (χ1v) is 11.3. The van der Waals surface area contributed by atoms with Crippen molar-refractivity contribution >= 4 is 45.1 Å². The third kappa shape index (κ3) is 10.8. The van der Waals surface area contributed by atoms with Crippen molar-refractivity contribution in [3.63, 3.8) is 0 Å². The summed E-state index contributed by atoms with van der Waals surface area (Å²) in [5, 5.41) is 6.02. The number of hydrogen-bond donors (Lipinski definition) is 0. The van der Waals surface area contributed by atoms with Gasteiger partial charge in [0.1, 0.15) is 0 Å². The van der Waals surface area contributed by atoms with Gasteiger partial charge >= 0.3 is 0 Å². The van der Waals surface area contributed by atoms with E-state index < -0.39 is 0 Å². The van der Waals surface area contributed by atoms with Crippen LogP contribution in [0.25, 0.3) is 0 Å². The van der Waals surface area contributed by atoms with Crippen molar-refractivity contribution < 1.29 is 0 Å². The van der Waals surface area contributed by atoms with Gasteiger partial charge in [0.25, 0.3) is 0 Å². The molecule has 0 amide bonds. The first kappa shape index (κ1) is 18.9. The molecule has 0 bridgehead atoms. The summed E-state index contributed by atoms with van der Waals surface area (Å²) in [5.74, 6) is 0. The minimum absolute atomic E-state index is 0.786. The zero-order chi connectivity index (χ0) is 13.6. The van der Waals surface area contributed by atoms with Crippen molar-refractivity contribution in [1.82, 2.24) is 0 Å². The van der Waals surface area contributed by atoms with Gasteiger partial charge in [0, 0.05) is 10.5 Å². The van der Waals surface area contributed by atoms with Gasteiger partial charge in [-0.15, -0.1) is 0 Å². The predicted octanol–water partition coefficient (Wildman–Crippen LogP) is 6.46. The lowest BCUT2D eigenvalue weighted by Crippen LogP contribution is -1.96. The highest BCUT2D eigenvalue weighted by atomic mass is 33.1. The second-order valence-electron chi connectivity index (χ2n) is 3.94. The molecule has 2 atom stereocenters. The van der Waals surface area contributed by atoms with E-state index in [1.165, 1.54) is 25.7 Å². The molecule has 0 rings (SSSR count). The summed E-state index contributed by atoms with van der Waals surface area (Å²) < 4.78 is 0. The Hall–Kier alpha value is 0.880. The highest BCUT2D eigenvalue weighted by molar-refractivity contribution is 8.78. The van der Waals surface area contributed by atoms with Crippen molar-refractivity contribution in [3.8, 4) is 0 Å². The molecule has 0 nitrogen and oxygen atoms in total. The second-order valence-corrected chi connectivity index (χ2v) is 8.30. The molecule has 106 valence electrons. The molecule has 0 saturated heterocycles. The predicted molar refractivity (Wildman–Crippen MR) is 97.9 cm³/mol. The smallest absolute Gasteiger partial charge is 0.00764 e. The Balaban J connectivity index is 3.54. The van der Waals surface area contributed by atoms with Gasteiger partial charge in [-0.1, -0.05) is 47.6 Å². The summed E-state index contributed by atoms with van der Waals surface area (Å²) >= 11 is 3.93. The minimum atomic E-state index is 0.786. The van der Waals surface area contributed by atoms with Crippen molar-refractivity contribution in [1.29, 1.82) is 0 Å². The molecule has 0 N–H and O–H groups in total. The van der Waals surface area contributed by atoms with E-state index in [0.29, 0.717) is 0 Å². The van der Waals surface area contributed by atoms with E-state index in [0.717, 1.165) is 10.5 Å². The lowest BCUT2D eigenvalue weighted by atomic mass is 10.2. The molecule has 0 aromatic rings. The first-order valence-electron chi connectivity index (χ1n) is 6.46. The zero-order valence-electron chi connectivity index (χ0n) is 11.9. The molecule has 0 aromatic carbocycles. The van der Waals surface area contributed by atoms with Crippen LogP contribution in [-0.4, -0.2) is 23.0 Å². The maximum Gasteiger partial charge on any atom is 0.00764 e. The molecule has 0 heterocycles. The lowest BCUT2D eigenvalue weighted by molar-refractivity contribution is 0.839. The van der Waals surface area contributed by atoms with Crippen molar-refractivity contribution in [2.45, 2.75) is 50.0 Å². The molecular weight excluding hydrogens is 296 g/mol. The van der Waals surface area contributed by atoms with Crippen LogP contribution >= 0.6 is 45.1 Å². The van der Waals surface area contributed by atoms with Crippen LogP contribution in [0.4, 0.5) is 0 Å². The highest BCUT2D eigenvalue weighted by Gasteiger charge is 2.00. The van der Waals surface area contributed by atoms with Gasteiger partial charge in [0.05, 0.1) is 0 Å². The van der Waals surface area contributed by atoms with Crippen LogP contribution < -0.4 is 0 Å². The molecule has 0 aliphatic rings. The molecule has 0 saturated carbocycles. The fourth-order valence-electron chi connectivity index (χ4n) is 1.42. The maximum absolute atomic E-state index is 2.30. The number of rotatable bonds is 11. The van der Waals surface area contributed by atoms with E-state index >= 15 is 0 Å². The molecule has 4 heteroatoms. The van der Waals surface area contributed by atoms with Gasteiger partial charge < -0.3 is 0 Å². The van der Waals surface area contributed by atoms with Gasteiger partial charge in [-0.2, -0.15) is 23.5 Å². The topological polar surface area (TPSA) is 0 Å². The largest absolute Gasteiger partial charge is 0.162 e. The van der Waals surface area contributed by atoms with Crippen LogP contribution in [0.2, 0.25) is 0 Å². The molecule has 0 aliphatic heterocycles. The standard InChI is InChI=1S/C14H26S4/c1-5-13(15-3)9-7-11-17-18-12-8-10-14(6-2)16-4/h7-8,11-14H,5-6,9-10H2,1-4H3. The number of hydrogen-bond acceptors (Lipinski definition) is 4. The molecule has 0 aromatic heterocycles. The molecular formula is C14H26S4. The van der Waals surface area contributed by atoms with E-state index in [1.807, 2.05) is 45.1 Å². The maximum atomic E-state index is 2.30. The fraction of sp³-hybridized carbons (Fsp3) is 0.714. The molecule has 2 unspecified atom stereocenters. The third-order valence-electron chi connectivity index (χ3n) is 2.73. The van der Waals surface area contributed by atoms with E-state index in [-0.39, 0.29) is 0 Å². The molecule has 0 aliphatic carbocycles. The Morgan fingerprint density at radius 3 is 1.44 bits per heavy atom. The summed E-state index contributed by atoms with van der Waals surface area (Å²) in [6, 6.07) is 0. The van der Waals surface area contributed by atoms with Crippen LogP contribution in [0.3, 0.4) is 0 Å². The molecule has 0 spiro atoms. The van der Waals surface area contributed by atoms with Gasteiger partial charge in [0.2, 0.25) is 0 Å². The Kier molecular flexibility index (Phi) is 15.0. The zero-order valence-corrected chi connectivity index (χ0v) is 15.2. The molecule has 0 radical (unpaired) electrons. The molecule has 18 heavy (non-hydrogen) atoms. The third-order valence-corrected chi connectivity index (χ3v) is 6.84. The van der Waals surface area contributed by atoms with Crippen LogP contribution in [0.15, 0.2) is 23.0 Å². The fourth-order valence-corrected chi connectivity index (χ4v) is 4.05. The van der Waals surface area contributed by atoms with Gasteiger partial charge in [0.15, 0.2) is 0 Å². The lowest BCUT2D eigenvalue weighted by Gasteiger charge is -2.07. The Morgan fingerprint density at radius 1 is 0.778 bits per heavy atom. The van der Waals surface area contributed by atoms with Gasteiger partial charge in [-0.05, 0) is 49.0 Å². The SMILES string of the molecule is CCC(CC=CSSC=CCC(CC)SC)SC. The summed E-state index contributed by atoms with van der Waals surface area (Å²) in [6.07, 6.45) is 13.9. The van der Waals surface area contributed by atoms with Crippen molar-refractivity contribution in [2.24, 2.45) is 0 Å². The normalized spacial score (nSPS) is 15.6. The van der Waals surface area contributed by atoms with E-state index in [1.54, 1.807) is 0 Å². The second kappa shape index (κ2) is 14.3. The van der Waals surface area contributed by atoms with E-state index in [4.69, 9.17) is 0 Å². The Bertz CT molecular complexity index is 194. The van der Waals surface area contributed by atoms with Crippen LogP contribution in [0.5, 0.6) is 0 Å². The minimum Gasteiger partial charge on any atom is -0.162 e. The van der Waals surface area contributed by atoms with Gasteiger partial charge in [-0.3, -0.25) is 0 Å². The van der Waals surface area contributed by atoms with Crippen LogP contribution in [0.1, 0.15) is 39.5 Å². The summed E-state index contributed by atoms with van der Waals surface area (Å²) in [4.78, 5) is 0. The summed E-state index contributed by atoms with van der Waals surface area (Å²) in [5.41, 5.74) is 0. The van der Waals surface area contributed by atoms with Crippen LogP contribution in [-0.2, 0) is 0 Å². The van der Waals surface area contributed by atoms with Gasteiger partial charge in [-0.25, -0.2) is 0 Å². The average Bonchev–Trinajstić information content (AvgIpc) is 2.41. The van der Waals surface area contributed by atoms with Crippen molar-refractivity contribution in [2.75, 3.05) is 12.5 Å². The van der Waals surface area contributed by atoms with Crippen LogP contribution in [0, 0.1) is 0 Å². The summed E-state index contributed by atoms with van der Waals surface area (Å²) in [6.45, 7) is 4.52. The number of thioether (sulfide) groups is 2. The Morgan fingerprint density at radius 2 is 1.17 bits per heavy atom. The monoisotopic (exact) mass is 322 g/mol.